The Morgan fingerprint density at radius 1 is 1.56 bits per heavy atom. The monoisotopic (exact) mass is 253 g/mol. The van der Waals surface area contributed by atoms with Crippen LogP contribution in [0.4, 0.5) is 11.4 Å². The van der Waals surface area contributed by atoms with E-state index in [1.165, 1.54) is 6.07 Å². The molecular weight excluding hydrogens is 234 g/mol. The topological polar surface area (TPSA) is 90.4 Å². The molecule has 0 saturated carbocycles. The van der Waals surface area contributed by atoms with Crippen LogP contribution in [0.1, 0.15) is 32.3 Å². The third kappa shape index (κ3) is 3.97. The summed E-state index contributed by atoms with van der Waals surface area (Å²) in [5.41, 5.74) is 3.45. The van der Waals surface area contributed by atoms with Crippen molar-refractivity contribution < 1.29 is 9.66 Å². The van der Waals surface area contributed by atoms with E-state index in [4.69, 9.17) is 10.6 Å². The average molecular weight is 253 g/mol. The predicted molar refractivity (Wildman–Crippen MR) is 70.1 cm³/mol. The van der Waals surface area contributed by atoms with E-state index in [-0.39, 0.29) is 11.8 Å². The highest BCUT2D eigenvalue weighted by Crippen LogP contribution is 2.25. The van der Waals surface area contributed by atoms with Gasteiger partial charge in [-0.3, -0.25) is 16.0 Å². The molecule has 1 aromatic carbocycles. The summed E-state index contributed by atoms with van der Waals surface area (Å²) in [6, 6.07) is 4.74. The van der Waals surface area contributed by atoms with Crippen molar-refractivity contribution in [2.45, 2.75) is 39.4 Å². The van der Waals surface area contributed by atoms with Gasteiger partial charge in [0.2, 0.25) is 0 Å². The van der Waals surface area contributed by atoms with Gasteiger partial charge in [-0.2, -0.15) is 0 Å². The van der Waals surface area contributed by atoms with Crippen LogP contribution >= 0.6 is 0 Å². The van der Waals surface area contributed by atoms with Gasteiger partial charge in [-0.05, 0) is 31.0 Å². The van der Waals surface area contributed by atoms with Gasteiger partial charge in [0.05, 0.1) is 17.6 Å². The van der Waals surface area contributed by atoms with Crippen LogP contribution in [-0.4, -0.2) is 11.0 Å². The fourth-order valence-electron chi connectivity index (χ4n) is 1.68. The molecule has 1 unspecified atom stereocenters. The second kappa shape index (κ2) is 6.93. The van der Waals surface area contributed by atoms with Gasteiger partial charge in [-0.1, -0.05) is 13.3 Å². The molecule has 6 heteroatoms. The zero-order valence-corrected chi connectivity index (χ0v) is 10.7. The van der Waals surface area contributed by atoms with Crippen LogP contribution in [0.25, 0.3) is 0 Å². The molecule has 0 bridgehead atoms. The standard InChI is InChI=1S/C12H19N3O3/c1-3-4-9(2)18-8-10-5-6-12(15(16)17)11(7-10)14-13/h5-7,9,14H,3-4,8,13H2,1-2H3. The normalized spacial score (nSPS) is 12.2. The van der Waals surface area contributed by atoms with Crippen LogP contribution in [0.2, 0.25) is 0 Å². The zero-order valence-electron chi connectivity index (χ0n) is 10.7. The summed E-state index contributed by atoms with van der Waals surface area (Å²) in [6.07, 6.45) is 2.24. The van der Waals surface area contributed by atoms with E-state index in [9.17, 15) is 10.1 Å². The molecule has 3 N–H and O–H groups in total. The summed E-state index contributed by atoms with van der Waals surface area (Å²) in [7, 11) is 0. The van der Waals surface area contributed by atoms with Crippen molar-refractivity contribution in [3.8, 4) is 0 Å². The molecule has 1 atom stereocenters. The Hall–Kier alpha value is -1.66. The summed E-state index contributed by atoms with van der Waals surface area (Å²) in [5.74, 6) is 5.27. The Morgan fingerprint density at radius 3 is 2.83 bits per heavy atom. The van der Waals surface area contributed by atoms with Crippen molar-refractivity contribution >= 4 is 11.4 Å². The van der Waals surface area contributed by atoms with Crippen LogP contribution in [0, 0.1) is 10.1 Å². The molecule has 100 valence electrons. The van der Waals surface area contributed by atoms with Crippen molar-refractivity contribution in [2.75, 3.05) is 5.43 Å². The quantitative estimate of drug-likeness (QED) is 0.443. The van der Waals surface area contributed by atoms with E-state index in [2.05, 4.69) is 12.3 Å². The van der Waals surface area contributed by atoms with Gasteiger partial charge in [-0.15, -0.1) is 0 Å². The van der Waals surface area contributed by atoms with Crippen molar-refractivity contribution in [2.24, 2.45) is 5.84 Å². The number of anilines is 1. The molecule has 0 aliphatic heterocycles. The maximum atomic E-state index is 10.7. The fraction of sp³-hybridized carbons (Fsp3) is 0.500. The molecular formula is C12H19N3O3. The number of rotatable bonds is 7. The van der Waals surface area contributed by atoms with Crippen LogP contribution in [0.15, 0.2) is 18.2 Å². The molecule has 0 amide bonds. The molecule has 0 radical (unpaired) electrons. The van der Waals surface area contributed by atoms with Crippen molar-refractivity contribution in [1.82, 2.24) is 0 Å². The van der Waals surface area contributed by atoms with E-state index >= 15 is 0 Å². The molecule has 18 heavy (non-hydrogen) atoms. The van der Waals surface area contributed by atoms with Crippen LogP contribution in [0.5, 0.6) is 0 Å². The highest BCUT2D eigenvalue weighted by molar-refractivity contribution is 5.61. The molecule has 1 aromatic rings. The summed E-state index contributed by atoms with van der Waals surface area (Å²) in [5, 5.41) is 10.7. The van der Waals surface area contributed by atoms with Crippen molar-refractivity contribution in [1.29, 1.82) is 0 Å². The van der Waals surface area contributed by atoms with Crippen LogP contribution in [0.3, 0.4) is 0 Å². The van der Waals surface area contributed by atoms with Crippen LogP contribution in [-0.2, 0) is 11.3 Å². The fourth-order valence-corrected chi connectivity index (χ4v) is 1.68. The number of nitrogens with two attached hydrogens (primary N) is 1. The largest absolute Gasteiger partial charge is 0.374 e. The first-order chi connectivity index (χ1) is 8.58. The molecule has 1 rings (SSSR count). The minimum Gasteiger partial charge on any atom is -0.374 e. The second-order valence-corrected chi connectivity index (χ2v) is 4.16. The van der Waals surface area contributed by atoms with Gasteiger partial charge in [0.15, 0.2) is 0 Å². The molecule has 0 aliphatic rings. The summed E-state index contributed by atoms with van der Waals surface area (Å²) in [4.78, 5) is 10.2. The summed E-state index contributed by atoms with van der Waals surface area (Å²) >= 11 is 0. The van der Waals surface area contributed by atoms with Crippen molar-refractivity contribution in [3.05, 3.63) is 33.9 Å². The number of ether oxygens (including phenoxy) is 1. The highest BCUT2D eigenvalue weighted by atomic mass is 16.6. The third-order valence-electron chi connectivity index (χ3n) is 2.64. The Labute approximate surface area is 106 Å². The average Bonchev–Trinajstić information content (AvgIpc) is 2.36. The summed E-state index contributed by atoms with van der Waals surface area (Å²) in [6.45, 7) is 4.53. The Morgan fingerprint density at radius 2 is 2.28 bits per heavy atom. The summed E-state index contributed by atoms with van der Waals surface area (Å²) < 4.78 is 5.63. The molecule has 6 nitrogen and oxygen atoms in total. The number of hydrazine groups is 1. The van der Waals surface area contributed by atoms with Gasteiger partial charge < -0.3 is 10.2 Å². The van der Waals surface area contributed by atoms with Gasteiger partial charge in [-0.25, -0.2) is 0 Å². The molecule has 0 heterocycles. The molecule has 0 spiro atoms. The maximum Gasteiger partial charge on any atom is 0.293 e. The number of nitrogens with one attached hydrogen (secondary N) is 1. The number of nitrogen functional groups attached to an aromatic ring is 1. The number of nitro benzene ring substituents is 1. The zero-order chi connectivity index (χ0) is 13.5. The predicted octanol–water partition coefficient (Wildman–Crippen LogP) is 2.59. The Bertz CT molecular complexity index is 410. The number of hydrogen-bond donors (Lipinski definition) is 2. The number of nitro groups is 1. The van der Waals surface area contributed by atoms with Gasteiger partial charge in [0.1, 0.15) is 5.69 Å². The second-order valence-electron chi connectivity index (χ2n) is 4.16. The molecule has 0 saturated heterocycles. The third-order valence-corrected chi connectivity index (χ3v) is 2.64. The maximum absolute atomic E-state index is 10.7. The highest BCUT2D eigenvalue weighted by Gasteiger charge is 2.13. The van der Waals surface area contributed by atoms with E-state index in [0.29, 0.717) is 12.3 Å². The SMILES string of the molecule is CCCC(C)OCc1ccc([N+](=O)[O-])c(NN)c1. The number of benzene rings is 1. The molecule has 0 aliphatic carbocycles. The first-order valence-electron chi connectivity index (χ1n) is 5.94. The minimum atomic E-state index is -0.473. The number of hydrogen-bond acceptors (Lipinski definition) is 5. The number of nitrogens with zero attached hydrogens (tertiary/aromatic N) is 1. The molecule has 0 aromatic heterocycles. The van der Waals surface area contributed by atoms with E-state index in [1.807, 2.05) is 6.92 Å². The van der Waals surface area contributed by atoms with Gasteiger partial charge >= 0.3 is 0 Å². The van der Waals surface area contributed by atoms with E-state index in [1.54, 1.807) is 12.1 Å². The minimum absolute atomic E-state index is 0.0390. The molecule has 0 fully saturated rings. The van der Waals surface area contributed by atoms with Crippen molar-refractivity contribution in [3.63, 3.8) is 0 Å². The van der Waals surface area contributed by atoms with E-state index in [0.717, 1.165) is 18.4 Å². The Balaban J connectivity index is 2.71. The Kier molecular flexibility index (Phi) is 5.54. The van der Waals surface area contributed by atoms with Gasteiger partial charge in [0.25, 0.3) is 5.69 Å². The van der Waals surface area contributed by atoms with E-state index < -0.39 is 4.92 Å². The lowest BCUT2D eigenvalue weighted by Gasteiger charge is -2.12. The smallest absolute Gasteiger partial charge is 0.293 e. The lowest BCUT2D eigenvalue weighted by Crippen LogP contribution is -2.11. The lowest BCUT2D eigenvalue weighted by molar-refractivity contribution is -0.384. The van der Waals surface area contributed by atoms with Gasteiger partial charge in [0, 0.05) is 6.07 Å². The lowest BCUT2D eigenvalue weighted by atomic mass is 10.2. The van der Waals surface area contributed by atoms with Crippen LogP contribution < -0.4 is 11.3 Å². The first kappa shape index (κ1) is 14.4. The first-order valence-corrected chi connectivity index (χ1v) is 5.94.